The van der Waals surface area contributed by atoms with Gasteiger partial charge >= 0.3 is 0 Å². The van der Waals surface area contributed by atoms with E-state index in [1.165, 1.54) is 0 Å². The fourth-order valence-electron chi connectivity index (χ4n) is 0.828. The number of rotatable bonds is 6. The molecule has 0 fully saturated rings. The monoisotopic (exact) mass is 198 g/mol. The van der Waals surface area contributed by atoms with Crippen LogP contribution in [0.3, 0.4) is 0 Å². The molecule has 0 bridgehead atoms. The Labute approximate surface area is 75.4 Å². The van der Waals surface area contributed by atoms with Crippen molar-refractivity contribution in [3.63, 3.8) is 0 Å². The van der Waals surface area contributed by atoms with Crippen LogP contribution in [0.5, 0.6) is 0 Å². The first-order valence-corrected chi connectivity index (χ1v) is 3.90. The molecule has 0 rings (SSSR count). The molecular formula is C7H15FO5. The average Bonchev–Trinajstić information content (AvgIpc) is 2.11. The number of ether oxygens (including phenoxy) is 1. The van der Waals surface area contributed by atoms with Crippen molar-refractivity contribution in [2.24, 2.45) is 0 Å². The highest BCUT2D eigenvalue weighted by Gasteiger charge is 2.27. The number of hydrogen-bond donors (Lipinski definition) is 4. The van der Waals surface area contributed by atoms with Gasteiger partial charge in [0.25, 0.3) is 0 Å². The van der Waals surface area contributed by atoms with Crippen LogP contribution in [0.25, 0.3) is 0 Å². The van der Waals surface area contributed by atoms with Crippen molar-refractivity contribution < 1.29 is 29.6 Å². The van der Waals surface area contributed by atoms with E-state index in [1.54, 1.807) is 0 Å². The van der Waals surface area contributed by atoms with Crippen LogP contribution < -0.4 is 0 Å². The van der Waals surface area contributed by atoms with Crippen LogP contribution >= 0.6 is 0 Å². The van der Waals surface area contributed by atoms with E-state index < -0.39 is 37.9 Å². The fourth-order valence-corrected chi connectivity index (χ4v) is 0.828. The molecule has 0 aromatic rings. The molecular weight excluding hydrogens is 183 g/mol. The Morgan fingerprint density at radius 2 is 1.77 bits per heavy atom. The maximum atomic E-state index is 12.3. The van der Waals surface area contributed by atoms with Crippen LogP contribution in [0.2, 0.25) is 0 Å². The number of alkyl halides is 1. The average molecular weight is 198 g/mol. The number of aliphatic hydroxyl groups excluding tert-OH is 4. The van der Waals surface area contributed by atoms with Crippen LogP contribution in [0.15, 0.2) is 0 Å². The van der Waals surface area contributed by atoms with Gasteiger partial charge in [0.1, 0.15) is 18.3 Å². The first-order valence-electron chi connectivity index (χ1n) is 3.90. The van der Waals surface area contributed by atoms with E-state index in [9.17, 15) is 4.39 Å². The first kappa shape index (κ1) is 12.7. The summed E-state index contributed by atoms with van der Waals surface area (Å²) in [4.78, 5) is 0. The summed E-state index contributed by atoms with van der Waals surface area (Å²) in [6, 6.07) is 0. The molecule has 0 radical (unpaired) electrons. The Bertz CT molecular complexity index is 132. The van der Waals surface area contributed by atoms with E-state index in [4.69, 9.17) is 20.4 Å². The fraction of sp³-hybridized carbons (Fsp3) is 1.00. The second kappa shape index (κ2) is 6.22. The molecule has 80 valence electrons. The zero-order valence-corrected chi connectivity index (χ0v) is 7.30. The number of aliphatic hydroxyl groups is 4. The molecule has 4 N–H and O–H groups in total. The lowest BCUT2D eigenvalue weighted by Crippen LogP contribution is -2.43. The predicted molar refractivity (Wildman–Crippen MR) is 41.6 cm³/mol. The van der Waals surface area contributed by atoms with E-state index in [0.717, 1.165) is 6.92 Å². The largest absolute Gasteiger partial charge is 0.394 e. The van der Waals surface area contributed by atoms with E-state index in [-0.39, 0.29) is 0 Å². The van der Waals surface area contributed by atoms with Crippen molar-refractivity contribution in [3.8, 4) is 0 Å². The normalized spacial score (nSPS) is 20.8. The van der Waals surface area contributed by atoms with Gasteiger partial charge in [-0.25, -0.2) is 4.39 Å². The lowest BCUT2D eigenvalue weighted by molar-refractivity contribution is -0.162. The zero-order valence-electron chi connectivity index (χ0n) is 7.30. The van der Waals surface area contributed by atoms with Crippen LogP contribution in [0.1, 0.15) is 6.92 Å². The first-order chi connectivity index (χ1) is 6.02. The van der Waals surface area contributed by atoms with Crippen molar-refractivity contribution in [3.05, 3.63) is 0 Å². The van der Waals surface area contributed by atoms with Crippen LogP contribution in [0, 0.1) is 0 Å². The smallest absolute Gasteiger partial charge is 0.196 e. The van der Waals surface area contributed by atoms with E-state index in [2.05, 4.69) is 4.74 Å². The summed E-state index contributed by atoms with van der Waals surface area (Å²) in [5.74, 6) is 0. The molecule has 0 aromatic carbocycles. The molecule has 0 aromatic heterocycles. The standard InChI is InChI=1S/C7H15FO5/c1-4(8)13-6(3-10)7(12)5(11)2-9/h4-7,9-12H,2-3H2,1H3/t4?,5-,6-,7+/m1/s1. The highest BCUT2D eigenvalue weighted by Crippen LogP contribution is 2.07. The van der Waals surface area contributed by atoms with E-state index in [0.29, 0.717) is 0 Å². The summed E-state index contributed by atoms with van der Waals surface area (Å²) >= 11 is 0. The van der Waals surface area contributed by atoms with Crippen molar-refractivity contribution in [1.82, 2.24) is 0 Å². The van der Waals surface area contributed by atoms with Crippen molar-refractivity contribution in [1.29, 1.82) is 0 Å². The molecule has 0 aliphatic rings. The minimum atomic E-state index is -1.65. The van der Waals surface area contributed by atoms with Gasteiger partial charge in [0, 0.05) is 0 Å². The SMILES string of the molecule is CC(F)O[C@H](CO)[C@@H](O)[C@H](O)CO. The van der Waals surface area contributed by atoms with Crippen LogP contribution in [0.4, 0.5) is 4.39 Å². The Morgan fingerprint density at radius 1 is 1.23 bits per heavy atom. The summed E-state index contributed by atoms with van der Waals surface area (Å²) in [5, 5.41) is 35.2. The number of hydrogen-bond acceptors (Lipinski definition) is 5. The van der Waals surface area contributed by atoms with Crippen LogP contribution in [-0.2, 0) is 4.74 Å². The summed E-state index contributed by atoms with van der Waals surface area (Å²) in [6.45, 7) is -0.227. The predicted octanol–water partition coefficient (Wildman–Crippen LogP) is -1.61. The zero-order chi connectivity index (χ0) is 10.4. The quantitative estimate of drug-likeness (QED) is 0.412. The van der Waals surface area contributed by atoms with Gasteiger partial charge in [-0.15, -0.1) is 0 Å². The van der Waals surface area contributed by atoms with Gasteiger partial charge in [-0.2, -0.15) is 0 Å². The molecule has 5 nitrogen and oxygen atoms in total. The summed E-state index contributed by atoms with van der Waals surface area (Å²) in [6.07, 6.45) is -5.84. The summed E-state index contributed by atoms with van der Waals surface area (Å²) < 4.78 is 16.7. The lowest BCUT2D eigenvalue weighted by atomic mass is 10.1. The van der Waals surface area contributed by atoms with E-state index >= 15 is 0 Å². The summed E-state index contributed by atoms with van der Waals surface area (Å²) in [5.41, 5.74) is 0. The third kappa shape index (κ3) is 4.49. The molecule has 0 aliphatic carbocycles. The Kier molecular flexibility index (Phi) is 6.10. The van der Waals surface area contributed by atoms with Crippen LogP contribution in [-0.4, -0.2) is 58.3 Å². The maximum absolute atomic E-state index is 12.3. The van der Waals surface area contributed by atoms with Gasteiger partial charge in [0.05, 0.1) is 13.2 Å². The third-order valence-corrected chi connectivity index (χ3v) is 1.50. The van der Waals surface area contributed by atoms with Crippen molar-refractivity contribution in [2.75, 3.05) is 13.2 Å². The molecule has 6 heteroatoms. The molecule has 0 spiro atoms. The molecule has 0 amide bonds. The highest BCUT2D eigenvalue weighted by atomic mass is 19.1. The van der Waals surface area contributed by atoms with Gasteiger partial charge in [0.15, 0.2) is 6.36 Å². The van der Waals surface area contributed by atoms with Crippen molar-refractivity contribution >= 4 is 0 Å². The second-order valence-corrected chi connectivity index (χ2v) is 2.64. The van der Waals surface area contributed by atoms with Gasteiger partial charge in [-0.05, 0) is 6.92 Å². The maximum Gasteiger partial charge on any atom is 0.196 e. The van der Waals surface area contributed by atoms with Gasteiger partial charge in [-0.1, -0.05) is 0 Å². The Hall–Kier alpha value is -0.270. The molecule has 0 saturated heterocycles. The molecule has 4 atom stereocenters. The lowest BCUT2D eigenvalue weighted by Gasteiger charge is -2.24. The van der Waals surface area contributed by atoms with E-state index in [1.807, 2.05) is 0 Å². The Balaban J connectivity index is 4.05. The summed E-state index contributed by atoms with van der Waals surface area (Å²) in [7, 11) is 0. The molecule has 1 unspecified atom stereocenters. The molecule has 13 heavy (non-hydrogen) atoms. The minimum Gasteiger partial charge on any atom is -0.394 e. The minimum absolute atomic E-state index is 0.632. The second-order valence-electron chi connectivity index (χ2n) is 2.64. The molecule has 0 saturated carbocycles. The topological polar surface area (TPSA) is 90.2 Å². The van der Waals surface area contributed by atoms with Gasteiger partial charge in [-0.3, -0.25) is 0 Å². The highest BCUT2D eigenvalue weighted by molar-refractivity contribution is 4.75. The third-order valence-electron chi connectivity index (χ3n) is 1.50. The van der Waals surface area contributed by atoms with Gasteiger partial charge in [0.2, 0.25) is 0 Å². The molecule has 0 heterocycles. The Morgan fingerprint density at radius 3 is 2.08 bits per heavy atom. The molecule has 0 aliphatic heterocycles. The van der Waals surface area contributed by atoms with Crippen molar-refractivity contribution in [2.45, 2.75) is 31.6 Å². The van der Waals surface area contributed by atoms with Gasteiger partial charge < -0.3 is 25.2 Å². The number of halogens is 1.